The van der Waals surface area contributed by atoms with Crippen molar-refractivity contribution in [2.45, 2.75) is 6.42 Å². The number of hydrogen-bond donors (Lipinski definition) is 0. The smallest absolute Gasteiger partial charge is 0.316 e. The Morgan fingerprint density at radius 2 is 2.25 bits per heavy atom. The lowest BCUT2D eigenvalue weighted by molar-refractivity contribution is -0.143. The van der Waals surface area contributed by atoms with E-state index in [1.165, 1.54) is 13.2 Å². The van der Waals surface area contributed by atoms with Gasteiger partial charge in [0.2, 0.25) is 0 Å². The standard InChI is InChI=1S/C11H8BrFO3/c1-16-11(15)7-3-5-2-6(12)4-8(13)9(5)10(7)14/h2,4,7H,3H2,1H3. The van der Waals surface area contributed by atoms with Gasteiger partial charge >= 0.3 is 5.97 Å². The Hall–Kier alpha value is -1.23. The van der Waals surface area contributed by atoms with Crippen LogP contribution in [0.15, 0.2) is 16.6 Å². The highest BCUT2D eigenvalue weighted by Gasteiger charge is 2.38. The molecule has 0 saturated heterocycles. The van der Waals surface area contributed by atoms with Gasteiger partial charge in [0.15, 0.2) is 5.78 Å². The van der Waals surface area contributed by atoms with Crippen LogP contribution < -0.4 is 0 Å². The summed E-state index contributed by atoms with van der Waals surface area (Å²) in [5, 5.41) is 0. The summed E-state index contributed by atoms with van der Waals surface area (Å²) in [4.78, 5) is 23.1. The molecule has 0 amide bonds. The fourth-order valence-electron chi connectivity index (χ4n) is 1.88. The van der Waals surface area contributed by atoms with E-state index < -0.39 is 23.5 Å². The summed E-state index contributed by atoms with van der Waals surface area (Å²) in [6, 6.07) is 2.87. The van der Waals surface area contributed by atoms with E-state index in [1.807, 2.05) is 0 Å². The third-order valence-electron chi connectivity index (χ3n) is 2.61. The number of hydrogen-bond acceptors (Lipinski definition) is 3. The summed E-state index contributed by atoms with van der Waals surface area (Å²) in [6.45, 7) is 0. The Morgan fingerprint density at radius 1 is 1.56 bits per heavy atom. The minimum atomic E-state index is -0.899. The monoisotopic (exact) mass is 286 g/mol. The first kappa shape index (κ1) is 11.3. The number of esters is 1. The molecule has 0 N–H and O–H groups in total. The van der Waals surface area contributed by atoms with E-state index in [9.17, 15) is 14.0 Å². The molecule has 3 nitrogen and oxygen atoms in total. The molecule has 0 saturated carbocycles. The van der Waals surface area contributed by atoms with Crippen LogP contribution in [-0.2, 0) is 16.0 Å². The maximum Gasteiger partial charge on any atom is 0.316 e. The van der Waals surface area contributed by atoms with Gasteiger partial charge in [-0.3, -0.25) is 9.59 Å². The van der Waals surface area contributed by atoms with E-state index in [0.717, 1.165) is 0 Å². The quantitative estimate of drug-likeness (QED) is 0.587. The largest absolute Gasteiger partial charge is 0.468 e. The van der Waals surface area contributed by atoms with Gasteiger partial charge in [0, 0.05) is 4.47 Å². The maximum atomic E-state index is 13.5. The normalized spacial score (nSPS) is 18.4. The molecule has 1 aromatic carbocycles. The van der Waals surface area contributed by atoms with Crippen molar-refractivity contribution in [1.82, 2.24) is 0 Å². The van der Waals surface area contributed by atoms with E-state index in [1.54, 1.807) is 6.07 Å². The van der Waals surface area contributed by atoms with Crippen LogP contribution in [0.2, 0.25) is 0 Å². The van der Waals surface area contributed by atoms with Crippen molar-refractivity contribution in [3.05, 3.63) is 33.5 Å². The molecule has 1 aliphatic rings. The number of halogens is 2. The van der Waals surface area contributed by atoms with E-state index in [2.05, 4.69) is 20.7 Å². The highest BCUT2D eigenvalue weighted by Crippen LogP contribution is 2.32. The maximum absolute atomic E-state index is 13.5. The van der Waals surface area contributed by atoms with Crippen molar-refractivity contribution in [2.75, 3.05) is 7.11 Å². The first-order valence-electron chi connectivity index (χ1n) is 4.64. The van der Waals surface area contributed by atoms with Crippen LogP contribution >= 0.6 is 15.9 Å². The van der Waals surface area contributed by atoms with Crippen molar-refractivity contribution >= 4 is 27.7 Å². The number of carbonyl (C=O) groups excluding carboxylic acids is 2. The van der Waals surface area contributed by atoms with E-state index in [4.69, 9.17) is 0 Å². The van der Waals surface area contributed by atoms with Gasteiger partial charge in [-0.15, -0.1) is 0 Å². The number of ether oxygens (including phenoxy) is 1. The molecule has 5 heteroatoms. The molecule has 1 atom stereocenters. The van der Waals surface area contributed by atoms with Crippen LogP contribution in [0.5, 0.6) is 0 Å². The summed E-state index contributed by atoms with van der Waals surface area (Å²) >= 11 is 3.14. The zero-order valence-corrected chi connectivity index (χ0v) is 10.0. The zero-order chi connectivity index (χ0) is 11.9. The molecule has 0 aliphatic heterocycles. The Morgan fingerprint density at radius 3 is 2.88 bits per heavy atom. The van der Waals surface area contributed by atoms with Gasteiger partial charge in [0.05, 0.1) is 12.7 Å². The lowest BCUT2D eigenvalue weighted by Crippen LogP contribution is -2.22. The van der Waals surface area contributed by atoms with Crippen molar-refractivity contribution in [1.29, 1.82) is 0 Å². The molecule has 0 fully saturated rings. The molecule has 0 aromatic heterocycles. The molecular formula is C11H8BrFO3. The van der Waals surface area contributed by atoms with Crippen molar-refractivity contribution < 1.29 is 18.7 Å². The third-order valence-corrected chi connectivity index (χ3v) is 3.07. The Kier molecular flexibility index (Phi) is 2.80. The van der Waals surface area contributed by atoms with E-state index in [-0.39, 0.29) is 12.0 Å². The predicted octanol–water partition coefficient (Wildman–Crippen LogP) is 2.12. The molecule has 1 unspecified atom stereocenters. The van der Waals surface area contributed by atoms with Gasteiger partial charge < -0.3 is 4.74 Å². The van der Waals surface area contributed by atoms with Crippen LogP contribution in [0.4, 0.5) is 4.39 Å². The Balaban J connectivity index is 2.46. The minimum absolute atomic E-state index is 0.0126. The van der Waals surface area contributed by atoms with Gasteiger partial charge in [0.25, 0.3) is 0 Å². The molecule has 16 heavy (non-hydrogen) atoms. The summed E-state index contributed by atoms with van der Waals surface area (Å²) < 4.78 is 18.6. The number of rotatable bonds is 1. The van der Waals surface area contributed by atoms with Gasteiger partial charge in [-0.25, -0.2) is 4.39 Å². The molecule has 84 valence electrons. The minimum Gasteiger partial charge on any atom is -0.468 e. The van der Waals surface area contributed by atoms with E-state index in [0.29, 0.717) is 10.0 Å². The average Bonchev–Trinajstić information content (AvgIpc) is 2.54. The zero-order valence-electron chi connectivity index (χ0n) is 8.42. The molecule has 2 rings (SSSR count). The fourth-order valence-corrected chi connectivity index (χ4v) is 2.36. The van der Waals surface area contributed by atoms with Gasteiger partial charge in [-0.2, -0.15) is 0 Å². The topological polar surface area (TPSA) is 43.4 Å². The van der Waals surface area contributed by atoms with Crippen LogP contribution in [0.1, 0.15) is 15.9 Å². The molecule has 0 spiro atoms. The second kappa shape index (κ2) is 3.97. The fraction of sp³-hybridized carbons (Fsp3) is 0.273. The summed E-state index contributed by atoms with van der Waals surface area (Å²) in [6.07, 6.45) is 0.206. The number of methoxy groups -OCH3 is 1. The Bertz CT molecular complexity index is 484. The SMILES string of the molecule is COC(=O)C1Cc2cc(Br)cc(F)c2C1=O. The first-order chi connectivity index (χ1) is 7.54. The van der Waals surface area contributed by atoms with E-state index >= 15 is 0 Å². The van der Waals surface area contributed by atoms with Crippen molar-refractivity contribution in [3.63, 3.8) is 0 Å². The third kappa shape index (κ3) is 1.65. The number of carbonyl (C=O) groups is 2. The summed E-state index contributed by atoms with van der Waals surface area (Å²) in [5.41, 5.74) is 0.561. The van der Waals surface area contributed by atoms with Crippen LogP contribution in [0.25, 0.3) is 0 Å². The number of benzene rings is 1. The predicted molar refractivity (Wildman–Crippen MR) is 57.6 cm³/mol. The molecule has 0 bridgehead atoms. The molecule has 1 aromatic rings. The summed E-state index contributed by atoms with van der Waals surface area (Å²) in [5.74, 6) is -2.60. The first-order valence-corrected chi connectivity index (χ1v) is 5.44. The van der Waals surface area contributed by atoms with Gasteiger partial charge in [0.1, 0.15) is 11.7 Å². The lowest BCUT2D eigenvalue weighted by atomic mass is 10.1. The van der Waals surface area contributed by atoms with Crippen LogP contribution in [-0.4, -0.2) is 18.9 Å². The Labute approximate surface area is 99.7 Å². The average molecular weight is 287 g/mol. The molecule has 1 aliphatic carbocycles. The lowest BCUT2D eigenvalue weighted by Gasteiger charge is -2.03. The highest BCUT2D eigenvalue weighted by molar-refractivity contribution is 9.10. The number of fused-ring (bicyclic) bond motifs is 1. The highest BCUT2D eigenvalue weighted by atomic mass is 79.9. The molecular weight excluding hydrogens is 279 g/mol. The van der Waals surface area contributed by atoms with Crippen LogP contribution in [0, 0.1) is 11.7 Å². The molecule has 0 heterocycles. The summed E-state index contributed by atoms with van der Waals surface area (Å²) in [7, 11) is 1.21. The van der Waals surface area contributed by atoms with Crippen molar-refractivity contribution in [3.8, 4) is 0 Å². The van der Waals surface area contributed by atoms with Gasteiger partial charge in [-0.05, 0) is 24.1 Å². The second-order valence-electron chi connectivity index (χ2n) is 3.57. The van der Waals surface area contributed by atoms with Crippen molar-refractivity contribution in [2.24, 2.45) is 5.92 Å². The van der Waals surface area contributed by atoms with Gasteiger partial charge in [-0.1, -0.05) is 15.9 Å². The molecule has 0 radical (unpaired) electrons. The second-order valence-corrected chi connectivity index (χ2v) is 4.48. The van der Waals surface area contributed by atoms with Crippen LogP contribution in [0.3, 0.4) is 0 Å². The number of ketones is 1. The number of Topliss-reactive ketones (excluding diaryl/α,β-unsaturated/α-hetero) is 1.